The van der Waals surface area contributed by atoms with Gasteiger partial charge in [-0.05, 0) is 0 Å². The first kappa shape index (κ1) is 11.6. The molecule has 4 N–H and O–H groups in total. The van der Waals surface area contributed by atoms with Crippen LogP contribution in [0.3, 0.4) is 0 Å². The van der Waals surface area contributed by atoms with Gasteiger partial charge < -0.3 is 9.47 Å². The summed E-state index contributed by atoms with van der Waals surface area (Å²) in [6.45, 7) is 1.15. The number of fused-ring (bicyclic) bond motifs is 1. The van der Waals surface area contributed by atoms with Crippen molar-refractivity contribution in [3.8, 4) is 5.88 Å². The van der Waals surface area contributed by atoms with Crippen LogP contribution >= 0.6 is 0 Å². The van der Waals surface area contributed by atoms with Gasteiger partial charge >= 0.3 is 0 Å². The van der Waals surface area contributed by atoms with E-state index >= 15 is 0 Å². The lowest BCUT2D eigenvalue weighted by Gasteiger charge is -2.07. The fourth-order valence-electron chi connectivity index (χ4n) is 1.36. The number of hydrogen-bond donors (Lipinski definition) is 3. The van der Waals surface area contributed by atoms with Crippen LogP contribution in [0.4, 0.5) is 5.95 Å². The van der Waals surface area contributed by atoms with E-state index in [0.717, 1.165) is 11.8 Å². The minimum atomic E-state index is 0.281. The van der Waals surface area contributed by atoms with E-state index in [1.165, 1.54) is 0 Å². The molecule has 0 aliphatic rings. The number of hydrogen-bond acceptors (Lipinski definition) is 7. The van der Waals surface area contributed by atoms with E-state index in [1.807, 2.05) is 0 Å². The molecule has 17 heavy (non-hydrogen) atoms. The number of nitrogen functional groups attached to an aromatic ring is 1. The summed E-state index contributed by atoms with van der Waals surface area (Å²) in [5, 5.41) is 7.34. The van der Waals surface area contributed by atoms with E-state index in [4.69, 9.17) is 15.3 Å². The maximum atomic E-state index is 5.54. The second-order valence-corrected chi connectivity index (χ2v) is 3.32. The predicted molar refractivity (Wildman–Crippen MR) is 61.5 cm³/mol. The Morgan fingerprint density at radius 2 is 2.29 bits per heavy atom. The van der Waals surface area contributed by atoms with Gasteiger partial charge in [-0.2, -0.15) is 15.1 Å². The number of ether oxygens (including phenoxy) is 2. The van der Waals surface area contributed by atoms with Gasteiger partial charge in [0.2, 0.25) is 11.8 Å². The van der Waals surface area contributed by atoms with Crippen molar-refractivity contribution in [3.63, 3.8) is 0 Å². The summed E-state index contributed by atoms with van der Waals surface area (Å²) >= 11 is 0. The molecule has 0 atom stereocenters. The van der Waals surface area contributed by atoms with Gasteiger partial charge in [-0.3, -0.25) is 10.5 Å². The van der Waals surface area contributed by atoms with Crippen LogP contribution in [0, 0.1) is 0 Å². The van der Waals surface area contributed by atoms with E-state index < -0.39 is 0 Å². The largest absolute Gasteiger partial charge is 0.477 e. The number of hydrazine groups is 1. The van der Waals surface area contributed by atoms with Gasteiger partial charge in [0.25, 0.3) is 0 Å². The third-order valence-corrected chi connectivity index (χ3v) is 2.14. The molecule has 2 rings (SSSR count). The Labute approximate surface area is 97.5 Å². The van der Waals surface area contributed by atoms with Gasteiger partial charge in [0.05, 0.1) is 12.8 Å². The molecular weight excluding hydrogens is 224 g/mol. The number of nitrogens with zero attached hydrogens (tertiary/aromatic N) is 3. The Bertz CT molecular complexity index is 485. The number of aromatic amines is 1. The molecule has 0 saturated carbocycles. The molecule has 0 fully saturated rings. The fraction of sp³-hybridized carbons (Fsp3) is 0.444. The van der Waals surface area contributed by atoms with E-state index in [1.54, 1.807) is 13.3 Å². The van der Waals surface area contributed by atoms with Crippen LogP contribution in [0.1, 0.15) is 6.42 Å². The number of anilines is 1. The summed E-state index contributed by atoms with van der Waals surface area (Å²) in [5.74, 6) is 6.00. The molecule has 0 aromatic carbocycles. The van der Waals surface area contributed by atoms with Gasteiger partial charge in [-0.15, -0.1) is 0 Å². The number of H-pyrrole nitrogens is 1. The van der Waals surface area contributed by atoms with E-state index in [9.17, 15) is 0 Å². The number of nitrogens with two attached hydrogens (primary N) is 1. The van der Waals surface area contributed by atoms with Crippen LogP contribution in [0.25, 0.3) is 11.0 Å². The number of rotatable bonds is 6. The first-order valence-electron chi connectivity index (χ1n) is 5.14. The summed E-state index contributed by atoms with van der Waals surface area (Å²) in [7, 11) is 1.65. The van der Waals surface area contributed by atoms with Gasteiger partial charge in [0, 0.05) is 20.1 Å². The normalized spacial score (nSPS) is 10.7. The van der Waals surface area contributed by atoms with Crippen molar-refractivity contribution in [2.75, 3.05) is 25.7 Å². The Balaban J connectivity index is 2.16. The zero-order chi connectivity index (χ0) is 12.1. The molecule has 0 aliphatic carbocycles. The van der Waals surface area contributed by atoms with Crippen molar-refractivity contribution < 1.29 is 9.47 Å². The van der Waals surface area contributed by atoms with Crippen molar-refractivity contribution in [2.45, 2.75) is 6.42 Å². The number of nitrogens with one attached hydrogen (secondary N) is 2. The molecule has 0 aliphatic heterocycles. The second kappa shape index (κ2) is 5.41. The molecule has 92 valence electrons. The smallest absolute Gasteiger partial charge is 0.242 e. The average molecular weight is 238 g/mol. The Hall–Kier alpha value is -1.93. The monoisotopic (exact) mass is 238 g/mol. The zero-order valence-corrected chi connectivity index (χ0v) is 9.43. The lowest BCUT2D eigenvalue weighted by molar-refractivity contribution is 0.171. The van der Waals surface area contributed by atoms with Gasteiger partial charge in [-0.25, -0.2) is 5.84 Å². The third-order valence-electron chi connectivity index (χ3n) is 2.14. The minimum Gasteiger partial charge on any atom is -0.477 e. The van der Waals surface area contributed by atoms with Gasteiger partial charge in [0.15, 0.2) is 5.65 Å². The lowest BCUT2D eigenvalue weighted by atomic mass is 10.4. The summed E-state index contributed by atoms with van der Waals surface area (Å²) in [6.07, 6.45) is 2.40. The van der Waals surface area contributed by atoms with Crippen molar-refractivity contribution >= 4 is 17.0 Å². The fourth-order valence-corrected chi connectivity index (χ4v) is 1.36. The summed E-state index contributed by atoms with van der Waals surface area (Å²) < 4.78 is 10.5. The molecule has 0 unspecified atom stereocenters. The molecule has 8 heteroatoms. The molecule has 0 saturated heterocycles. The maximum absolute atomic E-state index is 5.54. The average Bonchev–Trinajstić information content (AvgIpc) is 2.82. The van der Waals surface area contributed by atoms with Crippen LogP contribution < -0.4 is 16.0 Å². The molecule has 0 bridgehead atoms. The zero-order valence-electron chi connectivity index (χ0n) is 9.43. The van der Waals surface area contributed by atoms with Crippen LogP contribution in [0.2, 0.25) is 0 Å². The molecule has 0 radical (unpaired) electrons. The van der Waals surface area contributed by atoms with Gasteiger partial charge in [-0.1, -0.05) is 0 Å². The number of methoxy groups -OCH3 is 1. The number of aromatic nitrogens is 4. The standard InChI is InChI=1S/C9H14N6O2/c1-16-3-2-4-17-8-6-5-11-15-7(6)12-9(13-8)14-10/h5H,2-4,10H2,1H3,(H2,11,12,13,14,15). The molecule has 2 aromatic heterocycles. The molecular formula is C9H14N6O2. The first-order chi connectivity index (χ1) is 8.35. The van der Waals surface area contributed by atoms with Crippen LogP contribution in [-0.2, 0) is 4.74 Å². The lowest BCUT2D eigenvalue weighted by Crippen LogP contribution is -2.12. The molecule has 0 amide bonds. The van der Waals surface area contributed by atoms with Crippen molar-refractivity contribution in [1.29, 1.82) is 0 Å². The van der Waals surface area contributed by atoms with E-state index in [2.05, 4.69) is 25.6 Å². The van der Waals surface area contributed by atoms with Crippen LogP contribution in [0.5, 0.6) is 5.88 Å². The SMILES string of the molecule is COCCCOc1nc(NN)nc2[nH]ncc12. The predicted octanol–water partition coefficient (Wildman–Crippen LogP) is 0.0538. The van der Waals surface area contributed by atoms with Crippen LogP contribution in [0.15, 0.2) is 6.20 Å². The van der Waals surface area contributed by atoms with E-state index in [0.29, 0.717) is 24.7 Å². The second-order valence-electron chi connectivity index (χ2n) is 3.32. The van der Waals surface area contributed by atoms with Crippen molar-refractivity contribution in [1.82, 2.24) is 20.2 Å². The molecule has 2 heterocycles. The quantitative estimate of drug-likeness (QED) is 0.370. The third kappa shape index (κ3) is 2.60. The molecule has 0 spiro atoms. The Kier molecular flexibility index (Phi) is 3.68. The van der Waals surface area contributed by atoms with Crippen LogP contribution in [-0.4, -0.2) is 40.5 Å². The topological polar surface area (TPSA) is 111 Å². The summed E-state index contributed by atoms with van der Waals surface area (Å²) in [6, 6.07) is 0. The Morgan fingerprint density at radius 3 is 3.06 bits per heavy atom. The maximum Gasteiger partial charge on any atom is 0.242 e. The Morgan fingerprint density at radius 1 is 1.41 bits per heavy atom. The highest BCUT2D eigenvalue weighted by Crippen LogP contribution is 2.21. The molecule has 8 nitrogen and oxygen atoms in total. The first-order valence-corrected chi connectivity index (χ1v) is 5.14. The van der Waals surface area contributed by atoms with Crippen molar-refractivity contribution in [2.24, 2.45) is 5.84 Å². The van der Waals surface area contributed by atoms with E-state index in [-0.39, 0.29) is 5.95 Å². The van der Waals surface area contributed by atoms with Crippen molar-refractivity contribution in [3.05, 3.63) is 6.20 Å². The highest BCUT2D eigenvalue weighted by Gasteiger charge is 2.09. The highest BCUT2D eigenvalue weighted by molar-refractivity contribution is 5.80. The van der Waals surface area contributed by atoms with Gasteiger partial charge in [0.1, 0.15) is 5.39 Å². The summed E-state index contributed by atoms with van der Waals surface area (Å²) in [4.78, 5) is 8.21. The summed E-state index contributed by atoms with van der Waals surface area (Å²) in [5.41, 5.74) is 2.95. The minimum absolute atomic E-state index is 0.281. The molecule has 2 aromatic rings. The highest BCUT2D eigenvalue weighted by atomic mass is 16.5.